The van der Waals surface area contributed by atoms with Gasteiger partial charge in [-0.05, 0) is 68.2 Å². The zero-order valence-corrected chi connectivity index (χ0v) is 30.9. The number of esters is 1. The Morgan fingerprint density at radius 1 is 0.843 bits per heavy atom. The summed E-state index contributed by atoms with van der Waals surface area (Å²) in [6, 6.07) is 3.32. The van der Waals surface area contributed by atoms with Crippen LogP contribution in [-0.4, -0.2) is 91.0 Å². The molecule has 1 heterocycles. The molecule has 16 heteroatoms. The van der Waals surface area contributed by atoms with Crippen molar-refractivity contribution in [3.8, 4) is 0 Å². The van der Waals surface area contributed by atoms with Crippen LogP contribution < -0.4 is 16.0 Å². The number of unbranched alkanes of at least 4 members (excludes halogenated alkanes) is 2. The average molecular weight is 737 g/mol. The van der Waals surface area contributed by atoms with Gasteiger partial charge in [-0.25, -0.2) is 0 Å². The second-order valence-corrected chi connectivity index (χ2v) is 14.7. The van der Waals surface area contributed by atoms with E-state index in [-0.39, 0.29) is 73.9 Å². The topological polar surface area (TPSA) is 215 Å². The molecule has 1 aliphatic rings. The second kappa shape index (κ2) is 21.3. The van der Waals surface area contributed by atoms with Crippen LogP contribution in [0.4, 0.5) is 5.69 Å². The van der Waals surface area contributed by atoms with E-state index in [2.05, 4.69) is 16.0 Å². The first-order chi connectivity index (χ1) is 24.0. The molecule has 51 heavy (non-hydrogen) atoms. The van der Waals surface area contributed by atoms with E-state index in [9.17, 15) is 37.2 Å². The summed E-state index contributed by atoms with van der Waals surface area (Å²) in [6.45, 7) is 9.31. The summed E-state index contributed by atoms with van der Waals surface area (Å²) >= 11 is 0. The standard InChI is InChI=1S/C35H52N4O11S/c1-23(2)32(38-29(40)12-7-6-8-17-39-30(41)15-16-31(39)42)34(44)36-25(5)33(43)37-28-14-13-27(22-50-35(45)24(3)4)26(21-28)11-9-18-49-19-10-20-51(46,47)48/h13-16,21,23-25,32H,6-12,17-20,22H2,1-5H3,(H,36,44)(H,37,43)(H,38,40)(H,46,47,48)/t25-,32-/m0/s1. The highest BCUT2D eigenvalue weighted by Gasteiger charge is 2.27. The number of carbonyl (C=O) groups is 6. The number of hydrogen-bond acceptors (Lipinski definition) is 10. The molecule has 2 atom stereocenters. The smallest absolute Gasteiger partial charge is 0.308 e. The number of anilines is 1. The van der Waals surface area contributed by atoms with Gasteiger partial charge in [0.1, 0.15) is 18.7 Å². The summed E-state index contributed by atoms with van der Waals surface area (Å²) in [4.78, 5) is 75.4. The lowest BCUT2D eigenvalue weighted by Crippen LogP contribution is -2.53. The van der Waals surface area contributed by atoms with Gasteiger partial charge in [-0.1, -0.05) is 40.2 Å². The van der Waals surface area contributed by atoms with E-state index in [0.29, 0.717) is 44.4 Å². The minimum Gasteiger partial charge on any atom is -0.461 e. The van der Waals surface area contributed by atoms with E-state index < -0.39 is 34.0 Å². The van der Waals surface area contributed by atoms with Crippen LogP contribution in [-0.2, 0) is 61.4 Å². The summed E-state index contributed by atoms with van der Waals surface area (Å²) in [5, 5.41) is 8.21. The van der Waals surface area contributed by atoms with Crippen LogP contribution in [0.5, 0.6) is 0 Å². The van der Waals surface area contributed by atoms with Crippen molar-refractivity contribution in [2.24, 2.45) is 11.8 Å². The molecule has 284 valence electrons. The number of aryl methyl sites for hydroxylation is 1. The lowest BCUT2D eigenvalue weighted by atomic mass is 10.0. The fraction of sp³-hybridized carbons (Fsp3) is 0.600. The molecular formula is C35H52N4O11S. The molecule has 1 aromatic rings. The molecule has 1 aromatic carbocycles. The Morgan fingerprint density at radius 2 is 1.51 bits per heavy atom. The van der Waals surface area contributed by atoms with E-state index in [1.165, 1.54) is 19.1 Å². The molecule has 0 aliphatic carbocycles. The SMILES string of the molecule is CC(C)C(=O)OCc1ccc(NC(=O)[C@H](C)NC(=O)[C@@H](NC(=O)CCCCCN2C(=O)C=CC2=O)C(C)C)cc1CCCOCCCS(=O)(=O)O. The largest absolute Gasteiger partial charge is 0.461 e. The zero-order valence-electron chi connectivity index (χ0n) is 30.1. The fourth-order valence-corrected chi connectivity index (χ4v) is 5.47. The van der Waals surface area contributed by atoms with Crippen LogP contribution in [0.2, 0.25) is 0 Å². The Bertz CT molecular complexity index is 1510. The van der Waals surface area contributed by atoms with Crippen LogP contribution in [0.3, 0.4) is 0 Å². The number of imide groups is 1. The molecule has 0 saturated heterocycles. The maximum absolute atomic E-state index is 13.1. The van der Waals surface area contributed by atoms with Crippen molar-refractivity contribution < 1.29 is 51.2 Å². The Kier molecular flexibility index (Phi) is 17.9. The molecule has 0 radical (unpaired) electrons. The summed E-state index contributed by atoms with van der Waals surface area (Å²) in [5.74, 6) is -3.34. The average Bonchev–Trinajstić information content (AvgIpc) is 3.37. The van der Waals surface area contributed by atoms with Gasteiger partial charge in [0.15, 0.2) is 0 Å². The summed E-state index contributed by atoms with van der Waals surface area (Å²) in [6.07, 6.45) is 5.48. The number of nitrogens with zero attached hydrogens (tertiary/aromatic N) is 1. The van der Waals surface area contributed by atoms with E-state index in [1.807, 2.05) is 0 Å². The number of nitrogens with one attached hydrogen (secondary N) is 3. The predicted octanol–water partition coefficient (Wildman–Crippen LogP) is 2.68. The number of ether oxygens (including phenoxy) is 2. The van der Waals surface area contributed by atoms with E-state index in [1.54, 1.807) is 45.9 Å². The van der Waals surface area contributed by atoms with Gasteiger partial charge in [0, 0.05) is 44.0 Å². The summed E-state index contributed by atoms with van der Waals surface area (Å²) in [5.41, 5.74) is 1.98. The van der Waals surface area contributed by atoms with Gasteiger partial charge < -0.3 is 25.4 Å². The molecule has 0 unspecified atom stereocenters. The first kappa shape index (κ1) is 43.0. The molecule has 15 nitrogen and oxygen atoms in total. The monoisotopic (exact) mass is 736 g/mol. The molecule has 0 saturated carbocycles. The Balaban J connectivity index is 1.92. The Hall–Kier alpha value is -4.15. The quantitative estimate of drug-likeness (QED) is 0.0555. The zero-order chi connectivity index (χ0) is 38.1. The molecular weight excluding hydrogens is 684 g/mol. The number of rotatable bonds is 23. The van der Waals surface area contributed by atoms with Gasteiger partial charge in [-0.3, -0.25) is 38.2 Å². The molecule has 2 rings (SSSR count). The van der Waals surface area contributed by atoms with Crippen LogP contribution in [0.25, 0.3) is 0 Å². The molecule has 0 spiro atoms. The highest BCUT2D eigenvalue weighted by molar-refractivity contribution is 7.85. The first-order valence-corrected chi connectivity index (χ1v) is 18.8. The Morgan fingerprint density at radius 3 is 2.14 bits per heavy atom. The van der Waals surface area contributed by atoms with E-state index >= 15 is 0 Å². The Labute approximate surface area is 300 Å². The van der Waals surface area contributed by atoms with Gasteiger partial charge in [0.2, 0.25) is 17.7 Å². The van der Waals surface area contributed by atoms with Crippen molar-refractivity contribution in [3.05, 3.63) is 41.5 Å². The number of carbonyl (C=O) groups excluding carboxylic acids is 6. The molecule has 5 amide bonds. The van der Waals surface area contributed by atoms with Crippen molar-refractivity contribution in [3.63, 3.8) is 0 Å². The van der Waals surface area contributed by atoms with Gasteiger partial charge in [0.25, 0.3) is 21.9 Å². The molecule has 0 aromatic heterocycles. The van der Waals surface area contributed by atoms with Crippen LogP contribution in [0.15, 0.2) is 30.4 Å². The fourth-order valence-electron chi connectivity index (χ4n) is 4.99. The normalized spacial score (nSPS) is 14.2. The first-order valence-electron chi connectivity index (χ1n) is 17.2. The third-order valence-corrected chi connectivity index (χ3v) is 8.75. The summed E-state index contributed by atoms with van der Waals surface area (Å²) < 4.78 is 41.5. The van der Waals surface area contributed by atoms with Crippen molar-refractivity contribution in [1.29, 1.82) is 0 Å². The van der Waals surface area contributed by atoms with Crippen LogP contribution in [0, 0.1) is 11.8 Å². The molecule has 0 fully saturated rings. The van der Waals surface area contributed by atoms with Crippen molar-refractivity contribution in [1.82, 2.24) is 15.5 Å². The minimum absolute atomic E-state index is 0.0307. The maximum atomic E-state index is 13.1. The van der Waals surface area contributed by atoms with Gasteiger partial charge in [-0.15, -0.1) is 0 Å². The number of hydrogen-bond donors (Lipinski definition) is 4. The minimum atomic E-state index is -4.05. The van der Waals surface area contributed by atoms with E-state index in [0.717, 1.165) is 16.0 Å². The highest BCUT2D eigenvalue weighted by atomic mass is 32.2. The lowest BCUT2D eigenvalue weighted by Gasteiger charge is -2.24. The van der Waals surface area contributed by atoms with Gasteiger partial charge >= 0.3 is 5.97 Å². The number of benzene rings is 1. The predicted molar refractivity (Wildman–Crippen MR) is 189 cm³/mol. The van der Waals surface area contributed by atoms with Crippen molar-refractivity contribution in [2.45, 2.75) is 98.3 Å². The van der Waals surface area contributed by atoms with Crippen LogP contribution >= 0.6 is 0 Å². The van der Waals surface area contributed by atoms with Gasteiger partial charge in [-0.2, -0.15) is 8.42 Å². The molecule has 1 aliphatic heterocycles. The lowest BCUT2D eigenvalue weighted by molar-refractivity contribution is -0.148. The highest BCUT2D eigenvalue weighted by Crippen LogP contribution is 2.20. The van der Waals surface area contributed by atoms with E-state index in [4.69, 9.17) is 14.0 Å². The third-order valence-electron chi connectivity index (χ3n) is 7.94. The summed E-state index contributed by atoms with van der Waals surface area (Å²) in [7, 11) is -4.05. The van der Waals surface area contributed by atoms with Gasteiger partial charge in [0.05, 0.1) is 11.7 Å². The second-order valence-electron chi connectivity index (χ2n) is 13.1. The maximum Gasteiger partial charge on any atom is 0.308 e. The van der Waals surface area contributed by atoms with Crippen molar-refractivity contribution in [2.75, 3.05) is 30.8 Å². The van der Waals surface area contributed by atoms with Crippen molar-refractivity contribution >= 4 is 51.3 Å². The molecule has 0 bridgehead atoms. The molecule has 4 N–H and O–H groups in total. The number of amides is 5. The third kappa shape index (κ3) is 16.2. The van der Waals surface area contributed by atoms with Crippen LogP contribution in [0.1, 0.15) is 84.3 Å².